The van der Waals surface area contributed by atoms with Crippen molar-refractivity contribution in [2.45, 2.75) is 40.5 Å². The van der Waals surface area contributed by atoms with E-state index in [9.17, 15) is 0 Å². The summed E-state index contributed by atoms with van der Waals surface area (Å²) in [5.41, 5.74) is 0.736. The summed E-state index contributed by atoms with van der Waals surface area (Å²) in [7, 11) is 2.22. The number of nitrogens with one attached hydrogen (secondary N) is 1. The maximum Gasteiger partial charge on any atom is 0.00484 e. The van der Waals surface area contributed by atoms with Crippen LogP contribution < -0.4 is 5.32 Å². The molecule has 0 saturated carbocycles. The predicted octanol–water partition coefficient (Wildman–Crippen LogP) is 2.35. The van der Waals surface area contributed by atoms with Gasteiger partial charge in [0.25, 0.3) is 0 Å². The first-order valence-electron chi connectivity index (χ1n) is 6.20. The Morgan fingerprint density at radius 2 is 1.36 bits per heavy atom. The molecule has 2 heterocycles. The standard InChI is InChI=1S/C8H16N2.2C2H6/c1-10-6-8(7-10)2-4-9-5-3-8;2*1-2/h9H,2-7H2,1H3;2*1-2H3. The van der Waals surface area contributed by atoms with Gasteiger partial charge in [-0.15, -0.1) is 0 Å². The lowest BCUT2D eigenvalue weighted by molar-refractivity contribution is -0.00368. The fraction of sp³-hybridized carbons (Fsp3) is 1.00. The lowest BCUT2D eigenvalue weighted by atomic mass is 9.73. The molecule has 2 saturated heterocycles. The van der Waals surface area contributed by atoms with Crippen molar-refractivity contribution in [1.82, 2.24) is 10.2 Å². The van der Waals surface area contributed by atoms with Crippen LogP contribution in [0.1, 0.15) is 40.5 Å². The number of hydrogen-bond acceptors (Lipinski definition) is 2. The van der Waals surface area contributed by atoms with E-state index in [1.54, 1.807) is 0 Å². The Kier molecular flexibility index (Phi) is 7.20. The minimum absolute atomic E-state index is 0.736. The number of likely N-dealkylation sites (tertiary alicyclic amines) is 1. The Morgan fingerprint density at radius 1 is 0.929 bits per heavy atom. The van der Waals surface area contributed by atoms with Gasteiger partial charge in [-0.2, -0.15) is 0 Å². The molecule has 2 heteroatoms. The van der Waals surface area contributed by atoms with Crippen molar-refractivity contribution < 1.29 is 0 Å². The highest BCUT2D eigenvalue weighted by atomic mass is 15.2. The highest BCUT2D eigenvalue weighted by Gasteiger charge is 2.41. The van der Waals surface area contributed by atoms with Crippen molar-refractivity contribution in [2.75, 3.05) is 33.2 Å². The predicted molar refractivity (Wildman–Crippen MR) is 64.7 cm³/mol. The summed E-state index contributed by atoms with van der Waals surface area (Å²) in [4.78, 5) is 2.42. The monoisotopic (exact) mass is 200 g/mol. The maximum absolute atomic E-state index is 3.40. The summed E-state index contributed by atoms with van der Waals surface area (Å²) < 4.78 is 0. The second kappa shape index (κ2) is 7.24. The summed E-state index contributed by atoms with van der Waals surface area (Å²) in [5.74, 6) is 0. The molecule has 86 valence electrons. The second-order valence-corrected chi connectivity index (χ2v) is 3.92. The quantitative estimate of drug-likeness (QED) is 0.646. The van der Waals surface area contributed by atoms with Gasteiger partial charge in [0.2, 0.25) is 0 Å². The molecule has 2 nitrogen and oxygen atoms in total. The van der Waals surface area contributed by atoms with Crippen LogP contribution in [0.2, 0.25) is 0 Å². The molecule has 14 heavy (non-hydrogen) atoms. The number of rotatable bonds is 0. The molecular formula is C12H28N2. The molecule has 2 fully saturated rings. The van der Waals surface area contributed by atoms with Gasteiger partial charge in [-0.3, -0.25) is 0 Å². The zero-order valence-electron chi connectivity index (χ0n) is 10.7. The van der Waals surface area contributed by atoms with E-state index in [4.69, 9.17) is 0 Å². The van der Waals surface area contributed by atoms with Crippen LogP contribution in [0.25, 0.3) is 0 Å². The third-order valence-corrected chi connectivity index (χ3v) is 2.87. The van der Waals surface area contributed by atoms with E-state index in [1.807, 2.05) is 27.7 Å². The van der Waals surface area contributed by atoms with Crippen LogP contribution in [-0.2, 0) is 0 Å². The molecule has 0 aromatic heterocycles. The number of hydrogen-bond donors (Lipinski definition) is 1. The molecule has 0 radical (unpaired) electrons. The molecule has 2 aliphatic heterocycles. The Morgan fingerprint density at radius 3 is 1.71 bits per heavy atom. The highest BCUT2D eigenvalue weighted by molar-refractivity contribution is 4.95. The third kappa shape index (κ3) is 3.58. The molecule has 0 aromatic rings. The number of piperidine rings is 1. The Balaban J connectivity index is 0.000000379. The molecule has 0 aliphatic carbocycles. The van der Waals surface area contributed by atoms with Gasteiger partial charge in [-0.1, -0.05) is 27.7 Å². The molecule has 0 unspecified atom stereocenters. The van der Waals surface area contributed by atoms with Crippen LogP contribution in [0.5, 0.6) is 0 Å². The first-order valence-corrected chi connectivity index (χ1v) is 6.20. The van der Waals surface area contributed by atoms with Crippen molar-refractivity contribution in [3.8, 4) is 0 Å². The van der Waals surface area contributed by atoms with Gasteiger partial charge >= 0.3 is 0 Å². The average molecular weight is 200 g/mol. The molecule has 0 aromatic carbocycles. The van der Waals surface area contributed by atoms with Crippen molar-refractivity contribution >= 4 is 0 Å². The topological polar surface area (TPSA) is 15.3 Å². The molecule has 0 bridgehead atoms. The van der Waals surface area contributed by atoms with Crippen LogP contribution >= 0.6 is 0 Å². The molecule has 2 rings (SSSR count). The van der Waals surface area contributed by atoms with E-state index < -0.39 is 0 Å². The van der Waals surface area contributed by atoms with E-state index in [0.717, 1.165) is 5.41 Å². The van der Waals surface area contributed by atoms with Crippen LogP contribution in [0, 0.1) is 5.41 Å². The summed E-state index contributed by atoms with van der Waals surface area (Å²) >= 11 is 0. The maximum atomic E-state index is 3.40. The van der Waals surface area contributed by atoms with E-state index in [2.05, 4.69) is 17.3 Å². The smallest absolute Gasteiger partial charge is 0.00484 e. The summed E-state index contributed by atoms with van der Waals surface area (Å²) in [6.07, 6.45) is 2.80. The first kappa shape index (κ1) is 13.9. The summed E-state index contributed by atoms with van der Waals surface area (Å²) in [6.45, 7) is 13.2. The van der Waals surface area contributed by atoms with Gasteiger partial charge in [0.15, 0.2) is 0 Å². The SMILES string of the molecule is CC.CC.CN1CC2(CCNCC2)C1. The zero-order chi connectivity index (χ0) is 11.0. The lowest BCUT2D eigenvalue weighted by Crippen LogP contribution is -2.58. The van der Waals surface area contributed by atoms with Gasteiger partial charge in [-0.05, 0) is 38.4 Å². The third-order valence-electron chi connectivity index (χ3n) is 2.87. The summed E-state index contributed by atoms with van der Waals surface area (Å²) in [6, 6.07) is 0. The molecule has 1 N–H and O–H groups in total. The van der Waals surface area contributed by atoms with Crippen LogP contribution in [0.4, 0.5) is 0 Å². The van der Waals surface area contributed by atoms with Crippen molar-refractivity contribution in [3.63, 3.8) is 0 Å². The Hall–Kier alpha value is -0.0800. The minimum atomic E-state index is 0.736. The second-order valence-electron chi connectivity index (χ2n) is 3.92. The van der Waals surface area contributed by atoms with Gasteiger partial charge < -0.3 is 10.2 Å². The highest BCUT2D eigenvalue weighted by Crippen LogP contribution is 2.37. The minimum Gasteiger partial charge on any atom is -0.317 e. The molecular weight excluding hydrogens is 172 g/mol. The Bertz CT molecular complexity index is 113. The fourth-order valence-electron chi connectivity index (χ4n) is 2.37. The lowest BCUT2D eigenvalue weighted by Gasteiger charge is -2.51. The van der Waals surface area contributed by atoms with Crippen LogP contribution in [0.15, 0.2) is 0 Å². The van der Waals surface area contributed by atoms with Crippen LogP contribution in [0.3, 0.4) is 0 Å². The molecule has 1 spiro atoms. The average Bonchev–Trinajstić information content (AvgIpc) is 2.23. The molecule has 0 atom stereocenters. The number of nitrogens with zero attached hydrogens (tertiary/aromatic N) is 1. The first-order chi connectivity index (χ1) is 6.81. The van der Waals surface area contributed by atoms with Crippen molar-refractivity contribution in [1.29, 1.82) is 0 Å². The summed E-state index contributed by atoms with van der Waals surface area (Å²) in [5, 5.41) is 3.40. The largest absolute Gasteiger partial charge is 0.317 e. The van der Waals surface area contributed by atoms with Gasteiger partial charge in [0, 0.05) is 13.1 Å². The van der Waals surface area contributed by atoms with Gasteiger partial charge in [-0.25, -0.2) is 0 Å². The van der Waals surface area contributed by atoms with E-state index in [-0.39, 0.29) is 0 Å². The molecule has 2 aliphatic rings. The van der Waals surface area contributed by atoms with Crippen LogP contribution in [-0.4, -0.2) is 38.1 Å². The van der Waals surface area contributed by atoms with Gasteiger partial charge in [0.05, 0.1) is 0 Å². The zero-order valence-corrected chi connectivity index (χ0v) is 10.7. The van der Waals surface area contributed by atoms with E-state index in [1.165, 1.54) is 39.0 Å². The Labute approximate surface area is 90.1 Å². The van der Waals surface area contributed by atoms with E-state index in [0.29, 0.717) is 0 Å². The normalized spacial score (nSPS) is 23.8. The van der Waals surface area contributed by atoms with Gasteiger partial charge in [0.1, 0.15) is 0 Å². The molecule has 0 amide bonds. The fourth-order valence-corrected chi connectivity index (χ4v) is 2.37. The van der Waals surface area contributed by atoms with Crippen molar-refractivity contribution in [3.05, 3.63) is 0 Å². The van der Waals surface area contributed by atoms with Crippen molar-refractivity contribution in [2.24, 2.45) is 5.41 Å². The van der Waals surface area contributed by atoms with E-state index >= 15 is 0 Å².